The van der Waals surface area contributed by atoms with Crippen molar-refractivity contribution in [2.24, 2.45) is 23.7 Å². The van der Waals surface area contributed by atoms with Gasteiger partial charge in [0.15, 0.2) is 0 Å². The molecule has 324 valence electrons. The van der Waals surface area contributed by atoms with Crippen molar-refractivity contribution >= 4 is 11.9 Å². The van der Waals surface area contributed by atoms with Gasteiger partial charge < -0.3 is 24.8 Å². The Labute approximate surface area is 388 Å². The summed E-state index contributed by atoms with van der Waals surface area (Å²) < 4.78 is 17.4. The summed E-state index contributed by atoms with van der Waals surface area (Å²) in [5.41, 5.74) is 19.7. The fraction of sp³-hybridized carbons (Fsp3) is 0.333. The van der Waals surface area contributed by atoms with Crippen molar-refractivity contribution in [1.29, 1.82) is 0 Å². The van der Waals surface area contributed by atoms with Gasteiger partial charge in [-0.2, -0.15) is 0 Å². The van der Waals surface area contributed by atoms with Crippen molar-refractivity contribution in [3.05, 3.63) is 164 Å². The van der Waals surface area contributed by atoms with Gasteiger partial charge in [-0.05, 0) is 162 Å². The Morgan fingerprint density at radius 1 is 0.625 bits per heavy atom. The molecule has 64 heavy (non-hydrogen) atoms. The first-order chi connectivity index (χ1) is 29.9. The van der Waals surface area contributed by atoms with Gasteiger partial charge in [-0.15, -0.1) is 0 Å². The van der Waals surface area contributed by atoms with Crippen molar-refractivity contribution in [2.75, 3.05) is 6.61 Å². The van der Waals surface area contributed by atoms with Crippen LogP contribution in [-0.4, -0.2) is 39.1 Å². The van der Waals surface area contributed by atoms with Crippen LogP contribution in [0.15, 0.2) is 97.3 Å². The van der Waals surface area contributed by atoms with Crippen molar-refractivity contribution in [1.82, 2.24) is 9.97 Å². The van der Waals surface area contributed by atoms with E-state index in [4.69, 9.17) is 14.2 Å². The smallest absolute Gasteiger partial charge is 0.870 e. The molecule has 0 saturated heterocycles. The summed E-state index contributed by atoms with van der Waals surface area (Å²) in [6.45, 7) is 16.2. The largest absolute Gasteiger partial charge is 1.00 e. The Balaban J connectivity index is 0.000000186. The van der Waals surface area contributed by atoms with E-state index in [0.29, 0.717) is 37.5 Å². The number of ether oxygens (including phenoxy) is 3. The monoisotopic (exact) mass is 850 g/mol. The summed E-state index contributed by atoms with van der Waals surface area (Å²) in [5, 5.41) is 9.27. The molecule has 0 radical (unpaired) electrons. The van der Waals surface area contributed by atoms with Gasteiger partial charge in [-0.25, -0.2) is 9.97 Å². The van der Waals surface area contributed by atoms with E-state index < -0.39 is 5.97 Å². The quantitative estimate of drug-likeness (QED) is 0.103. The molecule has 2 fully saturated rings. The molecule has 0 aliphatic heterocycles. The van der Waals surface area contributed by atoms with Crippen molar-refractivity contribution < 1.29 is 53.2 Å². The van der Waals surface area contributed by atoms with E-state index >= 15 is 0 Å². The van der Waals surface area contributed by atoms with Crippen LogP contribution in [0.2, 0.25) is 0 Å². The number of fused-ring (bicyclic) bond motifs is 6. The summed E-state index contributed by atoms with van der Waals surface area (Å²) in [7, 11) is 0. The molecule has 6 aromatic rings. The number of aryl methyl sites for hydroxylation is 4. The molecule has 2 N–H and O–H groups in total. The Bertz CT molecular complexity index is 2710. The maximum atomic E-state index is 12.1. The fourth-order valence-electron chi connectivity index (χ4n) is 10.6. The summed E-state index contributed by atoms with van der Waals surface area (Å²) in [6.07, 6.45) is 5.44. The summed E-state index contributed by atoms with van der Waals surface area (Å²) in [6, 6.07) is 29.7. The number of esters is 1. The van der Waals surface area contributed by atoms with Crippen LogP contribution in [0.25, 0.3) is 22.3 Å². The molecule has 6 atom stereocenters. The minimum atomic E-state index is -0.685. The SMILES string of the molecule is CCOC(=O)[C@@H]1C2c3cnc(OCc4cccc(-c5c(C)cccc5C)c4C)cc3C[C@H]21.Cc1cccc(C)c1-c1cccc(COc2cc3c(cn2)C2[C@@H](C3)[C@@H]2C(=O)O)c1C.[Li+].[OH-]. The predicted octanol–water partition coefficient (Wildman–Crippen LogP) is 7.75. The third-order valence-electron chi connectivity index (χ3n) is 14.0. The first kappa shape index (κ1) is 46.3. The van der Waals surface area contributed by atoms with E-state index in [1.807, 2.05) is 31.5 Å². The topological polar surface area (TPSA) is 138 Å². The number of hydrogen-bond acceptors (Lipinski definition) is 8. The van der Waals surface area contributed by atoms with Gasteiger partial charge in [0, 0.05) is 36.4 Å². The van der Waals surface area contributed by atoms with Crippen LogP contribution in [0.3, 0.4) is 0 Å². The van der Waals surface area contributed by atoms with Gasteiger partial charge in [0.05, 0.1) is 18.4 Å². The third-order valence-corrected chi connectivity index (χ3v) is 14.0. The second kappa shape index (κ2) is 18.8. The Morgan fingerprint density at radius 3 is 1.45 bits per heavy atom. The molecule has 2 unspecified atom stereocenters. The van der Waals surface area contributed by atoms with Gasteiger partial charge in [-0.3, -0.25) is 9.59 Å². The second-order valence-corrected chi connectivity index (χ2v) is 17.7. The van der Waals surface area contributed by atoms with E-state index in [-0.39, 0.29) is 59.9 Å². The zero-order chi connectivity index (χ0) is 43.4. The van der Waals surface area contributed by atoms with Crippen LogP contribution >= 0.6 is 0 Å². The number of carboxylic acid groups (broad SMARTS) is 1. The number of carbonyl (C=O) groups is 2. The molecule has 10 rings (SSSR count). The van der Waals surface area contributed by atoms with Crippen molar-refractivity contribution in [2.45, 2.75) is 86.4 Å². The van der Waals surface area contributed by atoms with Gasteiger partial charge in [0.1, 0.15) is 13.2 Å². The molecule has 0 amide bonds. The number of hydrogen-bond donors (Lipinski definition) is 1. The normalized spacial score (nSPS) is 20.1. The number of rotatable bonds is 11. The Hall–Kier alpha value is -5.72. The van der Waals surface area contributed by atoms with E-state index in [9.17, 15) is 14.7 Å². The van der Waals surface area contributed by atoms with E-state index in [1.54, 1.807) is 0 Å². The Kier molecular flexibility index (Phi) is 13.6. The van der Waals surface area contributed by atoms with Crippen LogP contribution in [0.1, 0.15) is 85.5 Å². The first-order valence-electron chi connectivity index (χ1n) is 21.9. The van der Waals surface area contributed by atoms with Crippen LogP contribution in [0.5, 0.6) is 11.8 Å². The minimum Gasteiger partial charge on any atom is -0.870 e. The molecule has 2 aromatic heterocycles. The Morgan fingerprint density at radius 2 is 1.03 bits per heavy atom. The van der Waals surface area contributed by atoms with Crippen LogP contribution in [0, 0.1) is 65.2 Å². The average molecular weight is 851 g/mol. The average Bonchev–Trinajstić information content (AvgIpc) is 4.06. The maximum absolute atomic E-state index is 12.1. The molecule has 4 aliphatic carbocycles. The molecule has 10 heteroatoms. The van der Waals surface area contributed by atoms with Gasteiger partial charge in [0.2, 0.25) is 11.8 Å². The summed E-state index contributed by atoms with van der Waals surface area (Å²) in [4.78, 5) is 32.4. The molecule has 9 nitrogen and oxygen atoms in total. The van der Waals surface area contributed by atoms with Gasteiger partial charge in [0.25, 0.3) is 0 Å². The molecule has 4 aromatic carbocycles. The first-order valence-corrected chi connectivity index (χ1v) is 21.9. The third kappa shape index (κ3) is 8.62. The minimum absolute atomic E-state index is 0. The molecule has 2 heterocycles. The molecular weight excluding hydrogens is 796 g/mol. The standard InChI is InChI=1S/C28H29NO3.C26H25NO3.Li.H2O/c1-5-31-28(30)27-22-12-20-13-24(29-14-23(20)26(22)27)32-15-19-10-7-11-21(18(19)4)25-16(2)8-6-9-17(25)3;1-14-6-4-7-15(2)23(14)19-9-5-8-17(16(19)3)13-30-22-11-18-10-20-24(21(18)12-27-22)25(20)26(28)29;;/h6-11,13-14,22,26-27H,5,12,15H2,1-4H3;4-9,11-12,20,24-25H,10,13H2,1-3H3,(H,28,29);;1H2/q;;+1;/p-1/t22-,26?,27+;20-,24?,25+;;/m11../s1. The van der Waals surface area contributed by atoms with Crippen LogP contribution in [0.4, 0.5) is 0 Å². The number of nitrogens with zero attached hydrogens (tertiary/aromatic N) is 2. The molecule has 0 bridgehead atoms. The number of benzene rings is 4. The second-order valence-electron chi connectivity index (χ2n) is 17.7. The van der Waals surface area contributed by atoms with E-state index in [2.05, 4.69) is 124 Å². The van der Waals surface area contributed by atoms with E-state index in [1.165, 1.54) is 72.3 Å². The fourth-order valence-corrected chi connectivity index (χ4v) is 10.6. The predicted molar refractivity (Wildman–Crippen MR) is 242 cm³/mol. The zero-order valence-corrected chi connectivity index (χ0v) is 38.1. The molecule has 4 aliphatic rings. The van der Waals surface area contributed by atoms with Crippen LogP contribution < -0.4 is 28.3 Å². The number of pyridine rings is 2. The molecule has 2 saturated carbocycles. The number of carbonyl (C=O) groups excluding carboxylic acids is 1. The number of aromatic nitrogens is 2. The molecule has 0 spiro atoms. The number of aliphatic carboxylic acids is 1. The summed E-state index contributed by atoms with van der Waals surface area (Å²) >= 11 is 0. The van der Waals surface area contributed by atoms with Gasteiger partial charge in [-0.1, -0.05) is 72.8 Å². The number of carboxylic acids is 1. The van der Waals surface area contributed by atoms with E-state index in [0.717, 1.165) is 29.5 Å². The zero-order valence-electron chi connectivity index (χ0n) is 38.1. The maximum Gasteiger partial charge on any atom is 1.00 e. The van der Waals surface area contributed by atoms with Crippen LogP contribution in [-0.2, 0) is 40.4 Å². The van der Waals surface area contributed by atoms with Crippen molar-refractivity contribution in [3.8, 4) is 34.0 Å². The van der Waals surface area contributed by atoms with Gasteiger partial charge >= 0.3 is 30.8 Å². The van der Waals surface area contributed by atoms with Crippen molar-refractivity contribution in [3.63, 3.8) is 0 Å². The summed E-state index contributed by atoms with van der Waals surface area (Å²) in [5.74, 6) is 1.35. The molecular formula is C54H55LiN2O7.